The third kappa shape index (κ3) is 4.29. The maximum absolute atomic E-state index is 14.6. The number of hydrogen-bond donors (Lipinski definition) is 2. The van der Waals surface area contributed by atoms with Crippen molar-refractivity contribution < 1.29 is 13.9 Å². The highest BCUT2D eigenvalue weighted by Gasteiger charge is 2.24. The third-order valence-electron chi connectivity index (χ3n) is 4.16. The second kappa shape index (κ2) is 7.69. The van der Waals surface area contributed by atoms with Gasteiger partial charge in [0.25, 0.3) is 0 Å². The fourth-order valence-corrected chi connectivity index (χ4v) is 3.04. The van der Waals surface area contributed by atoms with Crippen LogP contribution >= 0.6 is 0 Å². The molecule has 1 saturated heterocycles. The second-order valence-electron chi connectivity index (χ2n) is 6.55. The standard InChI is InChI=1S/C17H23FN6O2/c1-11-7-24(8-12(2)26-11)15-5-4-13(6-14(15)18)21-17(25)23(3)9-16-19-10-20-22-16/h4-6,10-12H,7-9H2,1-3H3,(H,21,25)(H,19,20,22). The van der Waals surface area contributed by atoms with Gasteiger partial charge in [-0.25, -0.2) is 14.2 Å². The summed E-state index contributed by atoms with van der Waals surface area (Å²) in [5.41, 5.74) is 0.912. The van der Waals surface area contributed by atoms with Gasteiger partial charge in [0.05, 0.1) is 24.4 Å². The number of amides is 2. The van der Waals surface area contributed by atoms with E-state index < -0.39 is 0 Å². The fourth-order valence-electron chi connectivity index (χ4n) is 3.04. The number of nitrogens with one attached hydrogen (secondary N) is 2. The number of urea groups is 1. The molecule has 2 heterocycles. The molecular formula is C17H23FN6O2. The number of carbonyl (C=O) groups is 1. The van der Waals surface area contributed by atoms with Crippen LogP contribution in [0.5, 0.6) is 0 Å². The molecule has 9 heteroatoms. The Kier molecular flexibility index (Phi) is 5.36. The third-order valence-corrected chi connectivity index (χ3v) is 4.16. The lowest BCUT2D eigenvalue weighted by atomic mass is 10.2. The van der Waals surface area contributed by atoms with E-state index in [4.69, 9.17) is 4.74 Å². The van der Waals surface area contributed by atoms with E-state index in [1.807, 2.05) is 18.7 Å². The number of nitrogens with zero attached hydrogens (tertiary/aromatic N) is 4. The Balaban J connectivity index is 1.64. The summed E-state index contributed by atoms with van der Waals surface area (Å²) in [6, 6.07) is 4.36. The largest absolute Gasteiger partial charge is 0.372 e. The quantitative estimate of drug-likeness (QED) is 0.871. The van der Waals surface area contributed by atoms with Crippen molar-refractivity contribution >= 4 is 17.4 Å². The highest BCUT2D eigenvalue weighted by molar-refractivity contribution is 5.89. The van der Waals surface area contributed by atoms with Crippen LogP contribution < -0.4 is 10.2 Å². The van der Waals surface area contributed by atoms with Crippen molar-refractivity contribution in [3.05, 3.63) is 36.2 Å². The topological polar surface area (TPSA) is 86.4 Å². The molecule has 2 N–H and O–H groups in total. The molecule has 2 atom stereocenters. The zero-order valence-electron chi connectivity index (χ0n) is 15.1. The summed E-state index contributed by atoms with van der Waals surface area (Å²) in [5.74, 6) is 0.196. The Morgan fingerprint density at radius 3 is 2.77 bits per heavy atom. The second-order valence-corrected chi connectivity index (χ2v) is 6.55. The Hall–Kier alpha value is -2.68. The van der Waals surface area contributed by atoms with Gasteiger partial charge in [0.1, 0.15) is 18.0 Å². The van der Waals surface area contributed by atoms with Crippen LogP contribution in [-0.2, 0) is 11.3 Å². The molecule has 140 valence electrons. The highest BCUT2D eigenvalue weighted by atomic mass is 19.1. The summed E-state index contributed by atoms with van der Waals surface area (Å²) in [7, 11) is 1.62. The average molecular weight is 362 g/mol. The van der Waals surface area contributed by atoms with Crippen molar-refractivity contribution in [3.63, 3.8) is 0 Å². The lowest BCUT2D eigenvalue weighted by Gasteiger charge is -2.37. The molecule has 1 aliphatic rings. The Bertz CT molecular complexity index is 744. The van der Waals surface area contributed by atoms with Crippen molar-refractivity contribution in [2.75, 3.05) is 30.4 Å². The van der Waals surface area contributed by atoms with Gasteiger partial charge in [-0.05, 0) is 32.0 Å². The SMILES string of the molecule is CC1CN(c2ccc(NC(=O)N(C)Cc3ncn[nH]3)cc2F)CC(C)O1. The Morgan fingerprint density at radius 2 is 2.15 bits per heavy atom. The predicted octanol–water partition coefficient (Wildman–Crippen LogP) is 2.22. The summed E-state index contributed by atoms with van der Waals surface area (Å²) in [6.45, 7) is 5.48. The number of rotatable bonds is 4. The molecule has 1 fully saturated rings. The number of carbonyl (C=O) groups excluding carboxylic acids is 1. The van der Waals surface area contributed by atoms with E-state index in [1.54, 1.807) is 19.2 Å². The number of halogens is 1. The minimum absolute atomic E-state index is 0.0438. The molecule has 0 saturated carbocycles. The van der Waals surface area contributed by atoms with Crippen LogP contribution in [0, 0.1) is 5.82 Å². The Morgan fingerprint density at radius 1 is 1.42 bits per heavy atom. The van der Waals surface area contributed by atoms with Crippen molar-refractivity contribution in [1.29, 1.82) is 0 Å². The zero-order valence-corrected chi connectivity index (χ0v) is 15.1. The van der Waals surface area contributed by atoms with Crippen molar-refractivity contribution in [2.45, 2.75) is 32.6 Å². The molecule has 26 heavy (non-hydrogen) atoms. The normalized spacial score (nSPS) is 20.1. The fraction of sp³-hybridized carbons (Fsp3) is 0.471. The summed E-state index contributed by atoms with van der Waals surface area (Å²) in [6.07, 6.45) is 1.47. The molecule has 1 aromatic heterocycles. The van der Waals surface area contributed by atoms with Gasteiger partial charge in [-0.3, -0.25) is 5.10 Å². The number of H-pyrrole nitrogens is 1. The molecule has 8 nitrogen and oxygen atoms in total. The minimum atomic E-state index is -0.373. The summed E-state index contributed by atoms with van der Waals surface area (Å²) in [4.78, 5) is 19.6. The number of hydrogen-bond acceptors (Lipinski definition) is 5. The van der Waals surface area contributed by atoms with Gasteiger partial charge in [-0.15, -0.1) is 0 Å². The predicted molar refractivity (Wildman–Crippen MR) is 95.5 cm³/mol. The first-order valence-electron chi connectivity index (χ1n) is 8.48. The Labute approximate surface area is 151 Å². The van der Waals surface area contributed by atoms with E-state index in [-0.39, 0.29) is 30.6 Å². The first kappa shape index (κ1) is 18.1. The molecule has 1 aliphatic heterocycles. The molecule has 0 bridgehead atoms. The molecule has 2 aromatic rings. The maximum atomic E-state index is 14.6. The number of anilines is 2. The number of benzene rings is 1. The van der Waals surface area contributed by atoms with Crippen LogP contribution in [0.3, 0.4) is 0 Å². The zero-order chi connectivity index (χ0) is 18.7. The van der Waals surface area contributed by atoms with Crippen molar-refractivity contribution in [2.24, 2.45) is 0 Å². The van der Waals surface area contributed by atoms with Crippen LogP contribution in [0.2, 0.25) is 0 Å². The van der Waals surface area contributed by atoms with Gasteiger partial charge in [-0.2, -0.15) is 5.10 Å². The molecule has 1 aromatic carbocycles. The van der Waals surface area contributed by atoms with E-state index in [1.165, 1.54) is 17.3 Å². The van der Waals surface area contributed by atoms with Crippen LogP contribution in [0.15, 0.2) is 24.5 Å². The molecule has 0 aliphatic carbocycles. The summed E-state index contributed by atoms with van der Waals surface area (Å²) >= 11 is 0. The van der Waals surface area contributed by atoms with Crippen LogP contribution in [0.4, 0.5) is 20.6 Å². The van der Waals surface area contributed by atoms with Gasteiger partial charge in [0, 0.05) is 25.8 Å². The van der Waals surface area contributed by atoms with Crippen LogP contribution in [0.25, 0.3) is 0 Å². The molecular weight excluding hydrogens is 339 g/mol. The number of morpholine rings is 1. The first-order valence-corrected chi connectivity index (χ1v) is 8.48. The van der Waals surface area contributed by atoms with E-state index >= 15 is 0 Å². The summed E-state index contributed by atoms with van der Waals surface area (Å²) < 4.78 is 20.3. The number of aromatic amines is 1. The van der Waals surface area contributed by atoms with E-state index in [0.717, 1.165) is 0 Å². The van der Waals surface area contributed by atoms with Crippen molar-refractivity contribution in [3.8, 4) is 0 Å². The van der Waals surface area contributed by atoms with Gasteiger partial charge in [-0.1, -0.05) is 0 Å². The van der Waals surface area contributed by atoms with E-state index in [0.29, 0.717) is 30.3 Å². The molecule has 0 spiro atoms. The van der Waals surface area contributed by atoms with E-state index in [2.05, 4.69) is 20.5 Å². The number of aromatic nitrogens is 3. The van der Waals surface area contributed by atoms with Gasteiger partial charge < -0.3 is 19.9 Å². The van der Waals surface area contributed by atoms with Crippen LogP contribution in [-0.4, -0.2) is 58.5 Å². The smallest absolute Gasteiger partial charge is 0.321 e. The minimum Gasteiger partial charge on any atom is -0.372 e. The van der Waals surface area contributed by atoms with Gasteiger partial charge in [0.2, 0.25) is 0 Å². The lowest BCUT2D eigenvalue weighted by molar-refractivity contribution is -0.00539. The van der Waals surface area contributed by atoms with Crippen molar-refractivity contribution in [1.82, 2.24) is 20.1 Å². The van der Waals surface area contributed by atoms with Gasteiger partial charge in [0.15, 0.2) is 0 Å². The maximum Gasteiger partial charge on any atom is 0.321 e. The lowest BCUT2D eigenvalue weighted by Crippen LogP contribution is -2.45. The highest BCUT2D eigenvalue weighted by Crippen LogP contribution is 2.26. The molecule has 2 amide bonds. The summed E-state index contributed by atoms with van der Waals surface area (Å²) in [5, 5.41) is 9.11. The number of ether oxygens (including phenoxy) is 1. The van der Waals surface area contributed by atoms with E-state index in [9.17, 15) is 9.18 Å². The van der Waals surface area contributed by atoms with Gasteiger partial charge >= 0.3 is 6.03 Å². The van der Waals surface area contributed by atoms with Crippen LogP contribution in [0.1, 0.15) is 19.7 Å². The monoisotopic (exact) mass is 362 g/mol. The first-order chi connectivity index (χ1) is 12.4. The molecule has 3 rings (SSSR count). The molecule has 2 unspecified atom stereocenters. The average Bonchev–Trinajstić information content (AvgIpc) is 3.07. The molecule has 0 radical (unpaired) electrons.